The number of thioether (sulfide) groups is 1. The Morgan fingerprint density at radius 3 is 2.83 bits per heavy atom. The van der Waals surface area contributed by atoms with Crippen LogP contribution in [0.3, 0.4) is 0 Å². The molecule has 2 rings (SSSR count). The molecule has 18 heavy (non-hydrogen) atoms. The Labute approximate surface area is 117 Å². The van der Waals surface area contributed by atoms with Gasteiger partial charge in [0.05, 0.1) is 0 Å². The number of hydrogen-bond donors (Lipinski definition) is 1. The molecule has 2 aliphatic rings. The number of rotatable bonds is 3. The fourth-order valence-corrected chi connectivity index (χ4v) is 5.02. The summed E-state index contributed by atoms with van der Waals surface area (Å²) < 4.78 is 0. The normalized spacial score (nSPS) is 37.7. The minimum atomic E-state index is 0.464. The van der Waals surface area contributed by atoms with Crippen molar-refractivity contribution in [1.82, 2.24) is 10.2 Å². The third-order valence-electron chi connectivity index (χ3n) is 4.99. The van der Waals surface area contributed by atoms with E-state index >= 15 is 0 Å². The molecule has 0 amide bonds. The molecule has 3 atom stereocenters. The molecular weight excluding hydrogens is 240 g/mol. The van der Waals surface area contributed by atoms with Gasteiger partial charge < -0.3 is 5.32 Å². The molecule has 1 saturated carbocycles. The molecule has 0 aromatic rings. The van der Waals surface area contributed by atoms with Crippen LogP contribution in [0.5, 0.6) is 0 Å². The largest absolute Gasteiger partial charge is 0.316 e. The Bertz CT molecular complexity index is 267. The van der Waals surface area contributed by atoms with Gasteiger partial charge in [-0.05, 0) is 38.1 Å². The summed E-state index contributed by atoms with van der Waals surface area (Å²) in [6, 6.07) is 1.46. The van der Waals surface area contributed by atoms with Crippen LogP contribution in [-0.4, -0.2) is 48.6 Å². The van der Waals surface area contributed by atoms with Gasteiger partial charge in [-0.2, -0.15) is 11.8 Å². The van der Waals surface area contributed by atoms with Crippen LogP contribution in [0.25, 0.3) is 0 Å². The van der Waals surface area contributed by atoms with Crippen LogP contribution in [0.15, 0.2) is 0 Å². The van der Waals surface area contributed by atoms with Crippen molar-refractivity contribution in [3.05, 3.63) is 0 Å². The average molecular weight is 270 g/mol. The van der Waals surface area contributed by atoms with E-state index in [0.29, 0.717) is 11.5 Å². The molecule has 0 aromatic carbocycles. The fraction of sp³-hybridized carbons (Fsp3) is 1.00. The lowest BCUT2D eigenvalue weighted by Crippen LogP contribution is -2.53. The third kappa shape index (κ3) is 3.23. The summed E-state index contributed by atoms with van der Waals surface area (Å²) in [5.41, 5.74) is 0.464. The molecule has 0 radical (unpaired) electrons. The zero-order valence-corrected chi connectivity index (χ0v) is 13.4. The highest BCUT2D eigenvalue weighted by Crippen LogP contribution is 2.39. The van der Waals surface area contributed by atoms with E-state index in [1.54, 1.807) is 0 Å². The van der Waals surface area contributed by atoms with Crippen LogP contribution in [0, 0.1) is 11.3 Å². The summed E-state index contributed by atoms with van der Waals surface area (Å²) in [4.78, 5) is 2.73. The average Bonchev–Trinajstić information content (AvgIpc) is 2.31. The maximum atomic E-state index is 3.62. The van der Waals surface area contributed by atoms with Gasteiger partial charge in [0.25, 0.3) is 0 Å². The van der Waals surface area contributed by atoms with Gasteiger partial charge in [0.15, 0.2) is 0 Å². The lowest BCUT2D eigenvalue weighted by molar-refractivity contribution is 0.0755. The van der Waals surface area contributed by atoms with Crippen molar-refractivity contribution in [2.45, 2.75) is 52.1 Å². The number of hydrogen-bond acceptors (Lipinski definition) is 3. The molecular formula is C15H30N2S. The molecule has 1 saturated heterocycles. The number of nitrogens with zero attached hydrogens (tertiary/aromatic N) is 1. The first-order chi connectivity index (χ1) is 8.54. The quantitative estimate of drug-likeness (QED) is 0.849. The lowest BCUT2D eigenvalue weighted by atomic mass is 9.68. The van der Waals surface area contributed by atoms with Gasteiger partial charge in [-0.3, -0.25) is 4.90 Å². The van der Waals surface area contributed by atoms with Gasteiger partial charge in [0, 0.05) is 36.7 Å². The molecule has 0 aromatic heterocycles. The summed E-state index contributed by atoms with van der Waals surface area (Å²) in [7, 11) is 2.15. The molecule has 0 spiro atoms. The second-order valence-corrected chi connectivity index (χ2v) is 7.98. The third-order valence-corrected chi connectivity index (χ3v) is 6.18. The van der Waals surface area contributed by atoms with Crippen molar-refractivity contribution in [3.63, 3.8) is 0 Å². The zero-order valence-electron chi connectivity index (χ0n) is 12.5. The first-order valence-corrected chi connectivity index (χ1v) is 8.69. The predicted molar refractivity (Wildman–Crippen MR) is 82.3 cm³/mol. The predicted octanol–water partition coefficient (Wildman–Crippen LogP) is 2.84. The van der Waals surface area contributed by atoms with E-state index in [1.807, 2.05) is 0 Å². The van der Waals surface area contributed by atoms with Gasteiger partial charge in [-0.25, -0.2) is 0 Å². The van der Waals surface area contributed by atoms with E-state index in [9.17, 15) is 0 Å². The molecule has 2 fully saturated rings. The Morgan fingerprint density at radius 2 is 2.17 bits per heavy atom. The van der Waals surface area contributed by atoms with Crippen molar-refractivity contribution < 1.29 is 0 Å². The summed E-state index contributed by atoms with van der Waals surface area (Å²) in [6.45, 7) is 9.87. The monoisotopic (exact) mass is 270 g/mol. The minimum absolute atomic E-state index is 0.464. The van der Waals surface area contributed by atoms with Crippen molar-refractivity contribution >= 4 is 11.8 Å². The molecule has 3 heteroatoms. The van der Waals surface area contributed by atoms with E-state index < -0.39 is 0 Å². The molecule has 1 N–H and O–H groups in total. The van der Waals surface area contributed by atoms with Crippen molar-refractivity contribution in [2.24, 2.45) is 11.3 Å². The molecule has 1 aliphatic carbocycles. The zero-order chi connectivity index (χ0) is 13.2. The highest BCUT2D eigenvalue weighted by molar-refractivity contribution is 7.99. The standard InChI is InChI=1S/C15H30N2S/c1-12-11-18-9-8-17(12)10-13-6-5-7-15(2,3)14(13)16-4/h12-14,16H,5-11H2,1-4H3. The van der Waals surface area contributed by atoms with Crippen LogP contribution in [0.1, 0.15) is 40.0 Å². The van der Waals surface area contributed by atoms with E-state index in [2.05, 4.69) is 49.8 Å². The summed E-state index contributed by atoms with van der Waals surface area (Å²) in [5.74, 6) is 3.48. The highest BCUT2D eigenvalue weighted by atomic mass is 32.2. The minimum Gasteiger partial charge on any atom is -0.316 e. The second kappa shape index (κ2) is 6.15. The van der Waals surface area contributed by atoms with Crippen LogP contribution in [0.2, 0.25) is 0 Å². The summed E-state index contributed by atoms with van der Waals surface area (Å²) in [6.07, 6.45) is 4.19. The van der Waals surface area contributed by atoms with E-state index in [0.717, 1.165) is 12.0 Å². The highest BCUT2D eigenvalue weighted by Gasteiger charge is 2.39. The maximum Gasteiger partial charge on any atom is 0.0158 e. The second-order valence-electron chi connectivity index (χ2n) is 6.83. The van der Waals surface area contributed by atoms with Gasteiger partial charge in [-0.1, -0.05) is 20.3 Å². The number of nitrogens with one attached hydrogen (secondary N) is 1. The SMILES string of the molecule is CNC1C(CN2CCSCC2C)CCCC1(C)C. The Morgan fingerprint density at radius 1 is 1.39 bits per heavy atom. The van der Waals surface area contributed by atoms with Crippen LogP contribution < -0.4 is 5.32 Å². The molecule has 3 unspecified atom stereocenters. The smallest absolute Gasteiger partial charge is 0.0158 e. The maximum absolute atomic E-state index is 3.62. The topological polar surface area (TPSA) is 15.3 Å². The first kappa shape index (κ1) is 14.7. The Balaban J connectivity index is 1.98. The van der Waals surface area contributed by atoms with Gasteiger partial charge in [0.2, 0.25) is 0 Å². The molecule has 106 valence electrons. The summed E-state index contributed by atoms with van der Waals surface area (Å²) in [5, 5.41) is 3.62. The van der Waals surface area contributed by atoms with Gasteiger partial charge >= 0.3 is 0 Å². The van der Waals surface area contributed by atoms with Crippen LogP contribution in [0.4, 0.5) is 0 Å². The molecule has 0 bridgehead atoms. The summed E-state index contributed by atoms with van der Waals surface area (Å²) >= 11 is 2.12. The van der Waals surface area contributed by atoms with Crippen LogP contribution >= 0.6 is 11.8 Å². The van der Waals surface area contributed by atoms with Crippen molar-refractivity contribution in [1.29, 1.82) is 0 Å². The Hall–Kier alpha value is 0.270. The van der Waals surface area contributed by atoms with E-state index in [-0.39, 0.29) is 0 Å². The van der Waals surface area contributed by atoms with Crippen molar-refractivity contribution in [2.75, 3.05) is 31.6 Å². The van der Waals surface area contributed by atoms with Gasteiger partial charge in [-0.15, -0.1) is 0 Å². The molecule has 1 aliphatic heterocycles. The molecule has 2 nitrogen and oxygen atoms in total. The fourth-order valence-electron chi connectivity index (χ4n) is 3.94. The first-order valence-electron chi connectivity index (χ1n) is 7.53. The van der Waals surface area contributed by atoms with Crippen molar-refractivity contribution in [3.8, 4) is 0 Å². The van der Waals surface area contributed by atoms with E-state index in [1.165, 1.54) is 43.9 Å². The van der Waals surface area contributed by atoms with Gasteiger partial charge in [0.1, 0.15) is 0 Å². The Kier molecular flexibility index (Phi) is 5.01. The van der Waals surface area contributed by atoms with E-state index in [4.69, 9.17) is 0 Å². The lowest BCUT2D eigenvalue weighted by Gasteiger charge is -2.47. The molecule has 1 heterocycles. The van der Waals surface area contributed by atoms with Crippen LogP contribution in [-0.2, 0) is 0 Å².